The van der Waals surface area contributed by atoms with Crippen molar-refractivity contribution in [2.75, 3.05) is 46.6 Å². The third-order valence-electron chi connectivity index (χ3n) is 4.17. The van der Waals surface area contributed by atoms with Crippen LogP contribution in [-0.2, 0) is 15.9 Å². The van der Waals surface area contributed by atoms with Crippen LogP contribution in [0.3, 0.4) is 0 Å². The lowest BCUT2D eigenvalue weighted by molar-refractivity contribution is 0.0203. The normalized spacial score (nSPS) is 15.4. The molecule has 1 aromatic rings. The molecule has 0 unspecified atom stereocenters. The van der Waals surface area contributed by atoms with E-state index >= 15 is 0 Å². The molecule has 1 saturated heterocycles. The van der Waals surface area contributed by atoms with Gasteiger partial charge >= 0.3 is 0 Å². The number of aliphatic imine (C=N–C) groups is 1. The molecule has 2 N–H and O–H groups in total. The maximum Gasteiger partial charge on any atom is 0.190 e. The molecule has 1 aromatic heterocycles. The average molecular weight is 497 g/mol. The van der Waals surface area contributed by atoms with Gasteiger partial charge in [-0.15, -0.1) is 24.0 Å². The van der Waals surface area contributed by atoms with Crippen LogP contribution in [0.5, 0.6) is 0 Å². The summed E-state index contributed by atoms with van der Waals surface area (Å²) in [5.74, 6) is 1.48. The van der Waals surface area contributed by atoms with Crippen molar-refractivity contribution < 1.29 is 9.47 Å². The SMILES string of the molecule is CN=C(NCCCOCC1CCOCC1)NCCc1ccc(Cl)nc1.I. The van der Waals surface area contributed by atoms with Crippen molar-refractivity contribution in [1.82, 2.24) is 15.6 Å². The van der Waals surface area contributed by atoms with Crippen LogP contribution in [-0.4, -0.2) is 57.5 Å². The lowest BCUT2D eigenvalue weighted by Gasteiger charge is -2.21. The summed E-state index contributed by atoms with van der Waals surface area (Å²) in [6.45, 7) is 5.02. The van der Waals surface area contributed by atoms with Crippen LogP contribution < -0.4 is 10.6 Å². The Labute approximate surface area is 178 Å². The number of aromatic nitrogens is 1. The molecule has 8 heteroatoms. The Balaban J connectivity index is 0.00000338. The number of halogens is 2. The monoisotopic (exact) mass is 496 g/mol. The molecule has 148 valence electrons. The van der Waals surface area contributed by atoms with Gasteiger partial charge in [0, 0.05) is 52.8 Å². The molecule has 0 spiro atoms. The van der Waals surface area contributed by atoms with Crippen molar-refractivity contribution in [3.63, 3.8) is 0 Å². The fraction of sp³-hybridized carbons (Fsp3) is 0.667. The molecular weight excluding hydrogens is 467 g/mol. The van der Waals surface area contributed by atoms with E-state index in [1.54, 1.807) is 13.2 Å². The van der Waals surface area contributed by atoms with Gasteiger partial charge in [-0.25, -0.2) is 4.98 Å². The number of hydrogen-bond donors (Lipinski definition) is 2. The Kier molecular flexibility index (Phi) is 13.0. The Morgan fingerprint density at radius 3 is 2.77 bits per heavy atom. The highest BCUT2D eigenvalue weighted by Crippen LogP contribution is 2.14. The number of ether oxygens (including phenoxy) is 2. The van der Waals surface area contributed by atoms with Gasteiger partial charge in [-0.2, -0.15) is 0 Å². The third kappa shape index (κ3) is 9.89. The van der Waals surface area contributed by atoms with E-state index in [4.69, 9.17) is 21.1 Å². The molecule has 0 aliphatic carbocycles. The summed E-state index contributed by atoms with van der Waals surface area (Å²) in [6, 6.07) is 3.80. The summed E-state index contributed by atoms with van der Waals surface area (Å²) < 4.78 is 11.1. The average Bonchev–Trinajstić information content (AvgIpc) is 2.65. The maximum atomic E-state index is 5.78. The summed E-state index contributed by atoms with van der Waals surface area (Å²) in [5.41, 5.74) is 1.15. The van der Waals surface area contributed by atoms with Crippen LogP contribution in [0.2, 0.25) is 5.15 Å². The van der Waals surface area contributed by atoms with Gasteiger partial charge in [0.05, 0.1) is 0 Å². The second-order valence-corrected chi connectivity index (χ2v) is 6.54. The van der Waals surface area contributed by atoms with Crippen LogP contribution >= 0.6 is 35.6 Å². The molecule has 2 rings (SSSR count). The first-order chi connectivity index (χ1) is 12.3. The minimum atomic E-state index is 0. The number of hydrogen-bond acceptors (Lipinski definition) is 4. The van der Waals surface area contributed by atoms with Gasteiger partial charge in [-0.3, -0.25) is 4.99 Å². The molecule has 6 nitrogen and oxygen atoms in total. The van der Waals surface area contributed by atoms with E-state index in [0.29, 0.717) is 11.1 Å². The minimum Gasteiger partial charge on any atom is -0.381 e. The highest BCUT2D eigenvalue weighted by atomic mass is 127. The summed E-state index contributed by atoms with van der Waals surface area (Å²) in [4.78, 5) is 8.31. The van der Waals surface area contributed by atoms with Gasteiger partial charge in [-0.05, 0) is 43.2 Å². The standard InChI is InChI=1S/C18H29ClN4O2.HI/c1-20-18(22-9-5-15-3-4-17(19)23-13-15)21-8-2-10-25-14-16-6-11-24-12-7-16;/h3-4,13,16H,2,5-12,14H2,1H3,(H2,20,21,22);1H. The van der Waals surface area contributed by atoms with E-state index in [-0.39, 0.29) is 24.0 Å². The fourth-order valence-electron chi connectivity index (χ4n) is 2.64. The summed E-state index contributed by atoms with van der Waals surface area (Å²) >= 11 is 5.78. The van der Waals surface area contributed by atoms with Crippen molar-refractivity contribution in [3.8, 4) is 0 Å². The lowest BCUT2D eigenvalue weighted by Crippen LogP contribution is -2.39. The van der Waals surface area contributed by atoms with Gasteiger partial charge in [0.25, 0.3) is 0 Å². The first-order valence-electron chi connectivity index (χ1n) is 8.98. The number of guanidine groups is 1. The maximum absolute atomic E-state index is 5.78. The fourth-order valence-corrected chi connectivity index (χ4v) is 2.76. The molecule has 0 amide bonds. The lowest BCUT2D eigenvalue weighted by atomic mass is 10.0. The Hall–Kier alpha value is -0.640. The van der Waals surface area contributed by atoms with Crippen LogP contribution in [0.25, 0.3) is 0 Å². The van der Waals surface area contributed by atoms with Gasteiger partial charge in [0.2, 0.25) is 0 Å². The summed E-state index contributed by atoms with van der Waals surface area (Å²) in [5, 5.41) is 7.13. The summed E-state index contributed by atoms with van der Waals surface area (Å²) in [7, 11) is 1.78. The topological polar surface area (TPSA) is 67.8 Å². The predicted octanol–water partition coefficient (Wildman–Crippen LogP) is 2.89. The minimum absolute atomic E-state index is 0. The zero-order valence-electron chi connectivity index (χ0n) is 15.4. The molecule has 0 aromatic carbocycles. The number of nitrogens with zero attached hydrogens (tertiary/aromatic N) is 2. The molecule has 26 heavy (non-hydrogen) atoms. The van der Waals surface area contributed by atoms with Crippen LogP contribution in [0, 0.1) is 5.92 Å². The van der Waals surface area contributed by atoms with E-state index in [2.05, 4.69) is 20.6 Å². The van der Waals surface area contributed by atoms with Crippen LogP contribution in [0.4, 0.5) is 0 Å². The molecule has 0 bridgehead atoms. The van der Waals surface area contributed by atoms with Crippen molar-refractivity contribution in [3.05, 3.63) is 29.0 Å². The van der Waals surface area contributed by atoms with E-state index < -0.39 is 0 Å². The molecule has 0 atom stereocenters. The van der Waals surface area contributed by atoms with E-state index in [9.17, 15) is 0 Å². The largest absolute Gasteiger partial charge is 0.381 e. The van der Waals surface area contributed by atoms with Crippen LogP contribution in [0.1, 0.15) is 24.8 Å². The van der Waals surface area contributed by atoms with Crippen molar-refractivity contribution >= 4 is 41.5 Å². The first-order valence-corrected chi connectivity index (χ1v) is 9.36. The van der Waals surface area contributed by atoms with Gasteiger partial charge < -0.3 is 20.1 Å². The van der Waals surface area contributed by atoms with Gasteiger partial charge in [0.15, 0.2) is 5.96 Å². The van der Waals surface area contributed by atoms with E-state index in [0.717, 1.165) is 76.7 Å². The Morgan fingerprint density at radius 2 is 2.08 bits per heavy atom. The molecule has 1 aliphatic rings. The van der Waals surface area contributed by atoms with Gasteiger partial charge in [-0.1, -0.05) is 17.7 Å². The first kappa shape index (κ1) is 23.4. The number of pyridine rings is 1. The molecule has 0 saturated carbocycles. The van der Waals surface area contributed by atoms with Crippen molar-refractivity contribution in [1.29, 1.82) is 0 Å². The molecule has 2 heterocycles. The Morgan fingerprint density at radius 1 is 1.31 bits per heavy atom. The zero-order chi connectivity index (χ0) is 17.7. The predicted molar refractivity (Wildman–Crippen MR) is 117 cm³/mol. The van der Waals surface area contributed by atoms with E-state index in [1.165, 1.54) is 0 Å². The number of nitrogens with one attached hydrogen (secondary N) is 2. The number of rotatable bonds is 9. The smallest absolute Gasteiger partial charge is 0.190 e. The second-order valence-electron chi connectivity index (χ2n) is 6.15. The summed E-state index contributed by atoms with van der Waals surface area (Å²) in [6.07, 6.45) is 5.88. The zero-order valence-corrected chi connectivity index (χ0v) is 18.5. The quantitative estimate of drug-likeness (QED) is 0.181. The third-order valence-corrected chi connectivity index (χ3v) is 4.39. The Bertz CT molecular complexity index is 510. The van der Waals surface area contributed by atoms with Crippen LogP contribution in [0.15, 0.2) is 23.3 Å². The van der Waals surface area contributed by atoms with Crippen molar-refractivity contribution in [2.24, 2.45) is 10.9 Å². The molecular formula is C18H30ClIN4O2. The van der Waals surface area contributed by atoms with Gasteiger partial charge in [0.1, 0.15) is 5.15 Å². The second kappa shape index (κ2) is 14.4. The highest BCUT2D eigenvalue weighted by Gasteiger charge is 2.13. The molecule has 0 radical (unpaired) electrons. The molecule has 1 aliphatic heterocycles. The van der Waals surface area contributed by atoms with E-state index in [1.807, 2.05) is 12.1 Å². The highest BCUT2D eigenvalue weighted by molar-refractivity contribution is 14.0. The van der Waals surface area contributed by atoms with Crippen molar-refractivity contribution in [2.45, 2.75) is 25.7 Å². The molecule has 1 fully saturated rings.